The Kier molecular flexibility index (Phi) is 1.00. The van der Waals surface area contributed by atoms with Gasteiger partial charge in [0, 0.05) is 6.20 Å². The Balaban J connectivity index is 2.31. The summed E-state index contributed by atoms with van der Waals surface area (Å²) in [5.74, 6) is 1.58. The van der Waals surface area contributed by atoms with Crippen molar-refractivity contribution in [1.82, 2.24) is 10.4 Å². The lowest BCUT2D eigenvalue weighted by molar-refractivity contribution is 0.480. The van der Waals surface area contributed by atoms with Gasteiger partial charge in [0.25, 0.3) is 0 Å². The molecule has 0 aromatic heterocycles. The van der Waals surface area contributed by atoms with Gasteiger partial charge in [-0.3, -0.25) is 5.43 Å². The zero-order valence-electron chi connectivity index (χ0n) is 5.57. The van der Waals surface area contributed by atoms with E-state index in [1.165, 1.54) is 0 Å². The van der Waals surface area contributed by atoms with Gasteiger partial charge in [-0.2, -0.15) is 4.99 Å². The standard InChI is InChI=1S/C6H7N4/c1-5-8-6-7-3-2-4-10(6)9-5/h2-4H,1H3,(H,7,8,9). The number of aliphatic imine (C=N–C) groups is 2. The first-order chi connectivity index (χ1) is 4.86. The van der Waals surface area contributed by atoms with Crippen molar-refractivity contribution in [3.05, 3.63) is 18.8 Å². The zero-order chi connectivity index (χ0) is 6.97. The molecule has 4 heteroatoms. The molecule has 0 aliphatic carbocycles. The van der Waals surface area contributed by atoms with Gasteiger partial charge in [-0.25, -0.2) is 10.0 Å². The van der Waals surface area contributed by atoms with E-state index in [0.717, 1.165) is 5.84 Å². The van der Waals surface area contributed by atoms with Crippen LogP contribution in [0.15, 0.2) is 22.3 Å². The quantitative estimate of drug-likeness (QED) is 0.518. The highest BCUT2D eigenvalue weighted by Crippen LogP contribution is 2.06. The van der Waals surface area contributed by atoms with Gasteiger partial charge in [0.15, 0.2) is 0 Å². The van der Waals surface area contributed by atoms with Crippen molar-refractivity contribution in [2.45, 2.75) is 6.92 Å². The van der Waals surface area contributed by atoms with E-state index < -0.39 is 0 Å². The summed E-state index contributed by atoms with van der Waals surface area (Å²) in [5.41, 5.74) is 3.00. The van der Waals surface area contributed by atoms with Crippen LogP contribution in [0.4, 0.5) is 0 Å². The molecule has 4 nitrogen and oxygen atoms in total. The summed E-state index contributed by atoms with van der Waals surface area (Å²) in [6.45, 7) is 3.77. The van der Waals surface area contributed by atoms with Gasteiger partial charge in [0.1, 0.15) is 5.84 Å². The topological polar surface area (TPSA) is 40.0 Å². The van der Waals surface area contributed by atoms with Crippen LogP contribution in [-0.2, 0) is 0 Å². The number of hydrogen-bond acceptors (Lipinski definition) is 4. The molecule has 0 saturated carbocycles. The summed E-state index contributed by atoms with van der Waals surface area (Å²) >= 11 is 0. The minimum Gasteiger partial charge on any atom is -0.282 e. The number of guanidine groups is 1. The SMILES string of the molecule is CC1=NC2=NC=C[CH]N2N1. The highest BCUT2D eigenvalue weighted by Gasteiger charge is 2.18. The molecule has 2 aliphatic heterocycles. The molecule has 0 atom stereocenters. The fourth-order valence-corrected chi connectivity index (χ4v) is 0.882. The molecule has 0 unspecified atom stereocenters. The first-order valence-corrected chi connectivity index (χ1v) is 3.05. The van der Waals surface area contributed by atoms with Crippen molar-refractivity contribution in [1.29, 1.82) is 0 Å². The van der Waals surface area contributed by atoms with Gasteiger partial charge in [0.05, 0.1) is 6.54 Å². The number of nitrogens with one attached hydrogen (secondary N) is 1. The van der Waals surface area contributed by atoms with Gasteiger partial charge in [0.2, 0.25) is 5.96 Å². The molecule has 0 amide bonds. The molecule has 0 bridgehead atoms. The molecular formula is C6H7N4. The third kappa shape index (κ3) is 0.689. The Labute approximate surface area is 58.9 Å². The fourth-order valence-electron chi connectivity index (χ4n) is 0.882. The normalized spacial score (nSPS) is 21.5. The van der Waals surface area contributed by atoms with Crippen LogP contribution < -0.4 is 5.43 Å². The Morgan fingerprint density at radius 2 is 2.50 bits per heavy atom. The van der Waals surface area contributed by atoms with Crippen LogP contribution >= 0.6 is 0 Å². The van der Waals surface area contributed by atoms with Gasteiger partial charge >= 0.3 is 0 Å². The maximum absolute atomic E-state index is 4.11. The summed E-state index contributed by atoms with van der Waals surface area (Å²) in [5, 5.41) is 1.77. The summed E-state index contributed by atoms with van der Waals surface area (Å²) in [6, 6.07) is 0. The highest BCUT2D eigenvalue weighted by molar-refractivity contribution is 6.01. The number of amidine groups is 1. The van der Waals surface area contributed by atoms with Crippen molar-refractivity contribution in [2.24, 2.45) is 9.98 Å². The first-order valence-electron chi connectivity index (χ1n) is 3.05. The average molecular weight is 135 g/mol. The number of fused-ring (bicyclic) bond motifs is 1. The number of hydrogen-bond donors (Lipinski definition) is 1. The molecule has 1 radical (unpaired) electrons. The van der Waals surface area contributed by atoms with E-state index in [-0.39, 0.29) is 0 Å². The summed E-state index contributed by atoms with van der Waals surface area (Å²) in [4.78, 5) is 8.13. The summed E-state index contributed by atoms with van der Waals surface area (Å²) in [6.07, 6.45) is 3.57. The molecule has 0 saturated heterocycles. The maximum atomic E-state index is 4.11. The number of hydrazine groups is 1. The van der Waals surface area contributed by atoms with Crippen molar-refractivity contribution in [3.8, 4) is 0 Å². The van der Waals surface area contributed by atoms with E-state index in [2.05, 4.69) is 15.4 Å². The Bertz CT molecular complexity index is 238. The van der Waals surface area contributed by atoms with Gasteiger partial charge in [-0.15, -0.1) is 0 Å². The van der Waals surface area contributed by atoms with Crippen LogP contribution in [0.25, 0.3) is 0 Å². The van der Waals surface area contributed by atoms with E-state index in [1.54, 1.807) is 11.2 Å². The Hall–Kier alpha value is -1.32. The van der Waals surface area contributed by atoms with Gasteiger partial charge in [-0.05, 0) is 13.0 Å². The lowest BCUT2D eigenvalue weighted by Gasteiger charge is -2.16. The van der Waals surface area contributed by atoms with Crippen LogP contribution in [0.3, 0.4) is 0 Å². The van der Waals surface area contributed by atoms with Crippen molar-refractivity contribution in [2.75, 3.05) is 0 Å². The summed E-state index contributed by atoms with van der Waals surface area (Å²) < 4.78 is 0. The van der Waals surface area contributed by atoms with Gasteiger partial charge < -0.3 is 0 Å². The molecule has 2 rings (SSSR count). The largest absolute Gasteiger partial charge is 0.282 e. The van der Waals surface area contributed by atoms with E-state index in [9.17, 15) is 0 Å². The molecule has 0 fully saturated rings. The van der Waals surface area contributed by atoms with Crippen LogP contribution in [0.1, 0.15) is 6.92 Å². The molecule has 0 aromatic carbocycles. The molecule has 0 aromatic rings. The minimum absolute atomic E-state index is 0.708. The smallest absolute Gasteiger partial charge is 0.246 e. The molecule has 51 valence electrons. The molecule has 2 aliphatic rings. The third-order valence-corrected chi connectivity index (χ3v) is 1.28. The van der Waals surface area contributed by atoms with Crippen molar-refractivity contribution in [3.63, 3.8) is 0 Å². The van der Waals surface area contributed by atoms with E-state index >= 15 is 0 Å². The second kappa shape index (κ2) is 1.83. The Morgan fingerprint density at radius 3 is 3.30 bits per heavy atom. The molecule has 2 heterocycles. The Morgan fingerprint density at radius 1 is 1.60 bits per heavy atom. The second-order valence-electron chi connectivity index (χ2n) is 2.10. The number of nitrogens with zero attached hydrogens (tertiary/aromatic N) is 3. The second-order valence-corrected chi connectivity index (χ2v) is 2.10. The van der Waals surface area contributed by atoms with Gasteiger partial charge in [-0.1, -0.05) is 0 Å². The molecular weight excluding hydrogens is 128 g/mol. The van der Waals surface area contributed by atoms with E-state index in [1.807, 2.05) is 19.5 Å². The summed E-state index contributed by atoms with van der Waals surface area (Å²) in [7, 11) is 0. The first kappa shape index (κ1) is 5.46. The highest BCUT2D eigenvalue weighted by atomic mass is 15.6. The minimum atomic E-state index is 0.708. The predicted molar refractivity (Wildman–Crippen MR) is 39.0 cm³/mol. The third-order valence-electron chi connectivity index (χ3n) is 1.28. The van der Waals surface area contributed by atoms with E-state index in [4.69, 9.17) is 0 Å². The zero-order valence-corrected chi connectivity index (χ0v) is 5.57. The molecule has 10 heavy (non-hydrogen) atoms. The molecule has 0 spiro atoms. The van der Waals surface area contributed by atoms with Crippen molar-refractivity contribution < 1.29 is 0 Å². The maximum Gasteiger partial charge on any atom is 0.246 e. The van der Waals surface area contributed by atoms with Crippen LogP contribution in [0.2, 0.25) is 0 Å². The molecule has 1 N–H and O–H groups in total. The van der Waals surface area contributed by atoms with Crippen LogP contribution in [0.5, 0.6) is 0 Å². The predicted octanol–water partition coefficient (Wildman–Crippen LogP) is 0.270. The number of rotatable bonds is 0. The van der Waals surface area contributed by atoms with E-state index in [0.29, 0.717) is 5.96 Å². The monoisotopic (exact) mass is 135 g/mol. The average Bonchev–Trinajstić information content (AvgIpc) is 2.27. The van der Waals surface area contributed by atoms with Crippen LogP contribution in [0, 0.1) is 6.54 Å². The van der Waals surface area contributed by atoms with Crippen LogP contribution in [-0.4, -0.2) is 16.8 Å². The lowest BCUT2D eigenvalue weighted by atomic mass is 10.5. The van der Waals surface area contributed by atoms with Crippen molar-refractivity contribution >= 4 is 11.8 Å². The fraction of sp³-hybridized carbons (Fsp3) is 0.167. The lowest BCUT2D eigenvalue weighted by Crippen LogP contribution is -2.35.